The number of aliphatic hydroxyl groups excluding tert-OH is 1. The third-order valence-corrected chi connectivity index (χ3v) is 4.73. The standard InChI is InChI=1S/C18H22N4O3/c1-21(18(19)25)11-17(24)22-9-13(16(23)10-22)8-12-6-7-20-15-5-3-2-4-14(12)15/h2-7,13,16,23H,8-11H2,1H3,(H2,19,25). The number of nitrogens with zero attached hydrogens (tertiary/aromatic N) is 3. The van der Waals surface area contributed by atoms with E-state index in [2.05, 4.69) is 4.98 Å². The quantitative estimate of drug-likeness (QED) is 0.850. The number of aromatic nitrogens is 1. The second-order valence-electron chi connectivity index (χ2n) is 6.51. The van der Waals surface area contributed by atoms with Gasteiger partial charge in [-0.3, -0.25) is 9.78 Å². The van der Waals surface area contributed by atoms with Crippen LogP contribution in [-0.2, 0) is 11.2 Å². The number of amides is 3. The maximum Gasteiger partial charge on any atom is 0.314 e. The van der Waals surface area contributed by atoms with E-state index in [0.717, 1.165) is 16.5 Å². The average Bonchev–Trinajstić information content (AvgIpc) is 2.96. The number of aliphatic hydroxyl groups is 1. The summed E-state index contributed by atoms with van der Waals surface area (Å²) in [4.78, 5) is 30.4. The van der Waals surface area contributed by atoms with Gasteiger partial charge in [0, 0.05) is 37.6 Å². The van der Waals surface area contributed by atoms with E-state index < -0.39 is 12.1 Å². The van der Waals surface area contributed by atoms with E-state index >= 15 is 0 Å². The fraction of sp³-hybridized carbons (Fsp3) is 0.389. The number of para-hydroxylation sites is 1. The zero-order chi connectivity index (χ0) is 18.0. The third kappa shape index (κ3) is 3.71. The van der Waals surface area contributed by atoms with Crippen LogP contribution >= 0.6 is 0 Å². The lowest BCUT2D eigenvalue weighted by Gasteiger charge is -2.20. The number of urea groups is 1. The molecule has 1 aromatic carbocycles. The van der Waals surface area contributed by atoms with E-state index in [1.165, 1.54) is 11.9 Å². The van der Waals surface area contributed by atoms with Crippen molar-refractivity contribution in [1.29, 1.82) is 0 Å². The highest BCUT2D eigenvalue weighted by Crippen LogP contribution is 2.25. The molecule has 0 aliphatic carbocycles. The molecule has 7 nitrogen and oxygen atoms in total. The van der Waals surface area contributed by atoms with E-state index in [1.54, 1.807) is 11.1 Å². The lowest BCUT2D eigenvalue weighted by Crippen LogP contribution is -2.42. The molecule has 25 heavy (non-hydrogen) atoms. The van der Waals surface area contributed by atoms with E-state index in [1.807, 2.05) is 30.3 Å². The Labute approximate surface area is 146 Å². The fourth-order valence-corrected chi connectivity index (χ4v) is 3.25. The van der Waals surface area contributed by atoms with Crippen LogP contribution < -0.4 is 5.73 Å². The first kappa shape index (κ1) is 17.2. The number of likely N-dealkylation sites (N-methyl/N-ethyl adjacent to an activating group) is 1. The van der Waals surface area contributed by atoms with Gasteiger partial charge in [-0.1, -0.05) is 18.2 Å². The molecule has 0 bridgehead atoms. The summed E-state index contributed by atoms with van der Waals surface area (Å²) in [7, 11) is 1.48. The van der Waals surface area contributed by atoms with E-state index in [0.29, 0.717) is 13.0 Å². The molecule has 2 unspecified atom stereocenters. The molecule has 3 N–H and O–H groups in total. The smallest absolute Gasteiger partial charge is 0.314 e. The number of likely N-dealkylation sites (tertiary alicyclic amines) is 1. The van der Waals surface area contributed by atoms with Crippen molar-refractivity contribution in [2.45, 2.75) is 12.5 Å². The van der Waals surface area contributed by atoms with Gasteiger partial charge in [0.05, 0.1) is 11.6 Å². The molecule has 2 atom stereocenters. The van der Waals surface area contributed by atoms with Crippen LogP contribution in [0.25, 0.3) is 10.9 Å². The van der Waals surface area contributed by atoms with E-state index in [-0.39, 0.29) is 24.9 Å². The number of benzene rings is 1. The van der Waals surface area contributed by atoms with Crippen LogP contribution in [-0.4, -0.2) is 64.6 Å². The largest absolute Gasteiger partial charge is 0.391 e. The summed E-state index contributed by atoms with van der Waals surface area (Å²) in [6, 6.07) is 9.20. The number of fused-ring (bicyclic) bond motifs is 1. The molecular weight excluding hydrogens is 320 g/mol. The number of pyridine rings is 1. The van der Waals surface area contributed by atoms with Crippen LogP contribution in [0.3, 0.4) is 0 Å². The molecule has 0 spiro atoms. The van der Waals surface area contributed by atoms with E-state index in [9.17, 15) is 14.7 Å². The van der Waals surface area contributed by atoms with Gasteiger partial charge in [0.25, 0.3) is 0 Å². The summed E-state index contributed by atoms with van der Waals surface area (Å²) in [5.74, 6) is -0.254. The number of carbonyl (C=O) groups excluding carboxylic acids is 2. The molecule has 0 saturated carbocycles. The predicted octanol–water partition coefficient (Wildman–Crippen LogP) is 0.607. The third-order valence-electron chi connectivity index (χ3n) is 4.73. The van der Waals surface area contributed by atoms with Crippen molar-refractivity contribution in [2.75, 3.05) is 26.7 Å². The lowest BCUT2D eigenvalue weighted by molar-refractivity contribution is -0.130. The second-order valence-corrected chi connectivity index (χ2v) is 6.51. The first-order chi connectivity index (χ1) is 12.0. The monoisotopic (exact) mass is 342 g/mol. The number of nitrogens with two attached hydrogens (primary N) is 1. The first-order valence-electron chi connectivity index (χ1n) is 8.24. The van der Waals surface area contributed by atoms with Crippen LogP contribution in [0.2, 0.25) is 0 Å². The second kappa shape index (κ2) is 7.06. The van der Waals surface area contributed by atoms with Gasteiger partial charge >= 0.3 is 6.03 Å². The van der Waals surface area contributed by atoms with Crippen LogP contribution in [0.5, 0.6) is 0 Å². The Morgan fingerprint density at radius 3 is 2.84 bits per heavy atom. The lowest BCUT2D eigenvalue weighted by atomic mass is 9.94. The maximum atomic E-state index is 12.3. The molecule has 1 fully saturated rings. The van der Waals surface area contributed by atoms with Crippen LogP contribution in [0.4, 0.5) is 4.79 Å². The Balaban J connectivity index is 1.70. The van der Waals surface area contributed by atoms with Crippen molar-refractivity contribution in [3.8, 4) is 0 Å². The zero-order valence-corrected chi connectivity index (χ0v) is 14.1. The maximum absolute atomic E-state index is 12.3. The van der Waals surface area contributed by atoms with Gasteiger partial charge in [0.1, 0.15) is 6.54 Å². The Kier molecular flexibility index (Phi) is 4.85. The molecule has 1 aliphatic rings. The van der Waals surface area contributed by atoms with Crippen LogP contribution in [0, 0.1) is 5.92 Å². The predicted molar refractivity (Wildman–Crippen MR) is 93.7 cm³/mol. The summed E-state index contributed by atoms with van der Waals surface area (Å²) in [5.41, 5.74) is 7.18. The van der Waals surface area contributed by atoms with Gasteiger partial charge in [-0.25, -0.2) is 4.79 Å². The average molecular weight is 342 g/mol. The molecular formula is C18H22N4O3. The Hall–Kier alpha value is -2.67. The van der Waals surface area contributed by atoms with Gasteiger partial charge in [0.2, 0.25) is 5.91 Å². The van der Waals surface area contributed by atoms with Crippen molar-refractivity contribution < 1.29 is 14.7 Å². The van der Waals surface area contributed by atoms with Gasteiger partial charge < -0.3 is 20.6 Å². The van der Waals surface area contributed by atoms with Crippen LogP contribution in [0.1, 0.15) is 5.56 Å². The van der Waals surface area contributed by atoms with Gasteiger partial charge in [-0.2, -0.15) is 0 Å². The van der Waals surface area contributed by atoms with Gasteiger partial charge in [-0.15, -0.1) is 0 Å². The SMILES string of the molecule is CN(CC(=O)N1CC(O)C(Cc2ccnc3ccccc23)C1)C(N)=O. The molecule has 1 aromatic heterocycles. The number of rotatable bonds is 4. The highest BCUT2D eigenvalue weighted by molar-refractivity contribution is 5.84. The van der Waals surface area contributed by atoms with Crippen LogP contribution in [0.15, 0.2) is 36.5 Å². The fourth-order valence-electron chi connectivity index (χ4n) is 3.25. The number of primary amides is 1. The summed E-state index contributed by atoms with van der Waals surface area (Å²) in [6.07, 6.45) is 1.85. The molecule has 132 valence electrons. The summed E-state index contributed by atoms with van der Waals surface area (Å²) >= 11 is 0. The number of hydrogen-bond donors (Lipinski definition) is 2. The molecule has 1 saturated heterocycles. The normalized spacial score (nSPS) is 20.0. The summed E-state index contributed by atoms with van der Waals surface area (Å²) < 4.78 is 0. The van der Waals surface area contributed by atoms with E-state index in [4.69, 9.17) is 5.73 Å². The molecule has 2 aromatic rings. The number of β-amino-alcohol motifs (C(OH)–C–C–N with tert-alkyl or cyclic N) is 1. The minimum absolute atomic E-state index is 0.0476. The van der Waals surface area contributed by atoms with Gasteiger partial charge in [0.15, 0.2) is 0 Å². The summed E-state index contributed by atoms with van der Waals surface area (Å²) in [5, 5.41) is 11.4. The number of hydrogen-bond acceptors (Lipinski definition) is 4. The van der Waals surface area contributed by atoms with Crippen molar-refractivity contribution in [3.63, 3.8) is 0 Å². The molecule has 3 rings (SSSR count). The minimum Gasteiger partial charge on any atom is -0.391 e. The molecule has 2 heterocycles. The Morgan fingerprint density at radius 2 is 2.08 bits per heavy atom. The van der Waals surface area contributed by atoms with Crippen molar-refractivity contribution in [3.05, 3.63) is 42.1 Å². The first-order valence-corrected chi connectivity index (χ1v) is 8.24. The summed E-state index contributed by atoms with van der Waals surface area (Å²) in [6.45, 7) is 0.662. The van der Waals surface area contributed by atoms with Crippen molar-refractivity contribution in [2.24, 2.45) is 11.7 Å². The highest BCUT2D eigenvalue weighted by Gasteiger charge is 2.34. The molecule has 0 radical (unpaired) electrons. The minimum atomic E-state index is -0.645. The highest BCUT2D eigenvalue weighted by atomic mass is 16.3. The topological polar surface area (TPSA) is 99.8 Å². The molecule has 3 amide bonds. The Morgan fingerprint density at radius 1 is 1.32 bits per heavy atom. The Bertz CT molecular complexity index is 789. The van der Waals surface area contributed by atoms with Crippen molar-refractivity contribution in [1.82, 2.24) is 14.8 Å². The zero-order valence-electron chi connectivity index (χ0n) is 14.1. The molecule has 7 heteroatoms. The number of carbonyl (C=O) groups is 2. The van der Waals surface area contributed by atoms with Crippen molar-refractivity contribution >= 4 is 22.8 Å². The van der Waals surface area contributed by atoms with Gasteiger partial charge in [-0.05, 0) is 24.1 Å². The molecule has 1 aliphatic heterocycles.